The van der Waals surface area contributed by atoms with Crippen LogP contribution in [0.15, 0.2) is 36.8 Å². The van der Waals surface area contributed by atoms with Crippen LogP contribution in [0.5, 0.6) is 0 Å². The Bertz CT molecular complexity index is 405. The number of hydrogen-bond acceptors (Lipinski definition) is 3. The summed E-state index contributed by atoms with van der Waals surface area (Å²) in [5, 5.41) is 7.43. The van der Waals surface area contributed by atoms with Gasteiger partial charge in [0.25, 0.3) is 0 Å². The summed E-state index contributed by atoms with van der Waals surface area (Å²) in [6.45, 7) is 3.89. The van der Waals surface area contributed by atoms with Gasteiger partial charge >= 0.3 is 0 Å². The number of rotatable bonds is 5. The molecule has 2 heterocycles. The van der Waals surface area contributed by atoms with Crippen molar-refractivity contribution < 1.29 is 0 Å². The molecule has 4 nitrogen and oxygen atoms in total. The molecule has 4 heteroatoms. The molecule has 0 bridgehead atoms. The molecular formula is C12H16N4. The lowest BCUT2D eigenvalue weighted by molar-refractivity contribution is 0.591. The van der Waals surface area contributed by atoms with Crippen molar-refractivity contribution in [2.45, 2.75) is 19.9 Å². The highest BCUT2D eigenvalue weighted by atomic mass is 15.3. The molecule has 0 aliphatic rings. The Morgan fingerprint density at radius 1 is 1.38 bits per heavy atom. The molecule has 0 saturated carbocycles. The zero-order chi connectivity index (χ0) is 11.2. The Labute approximate surface area is 95.3 Å². The smallest absolute Gasteiger partial charge is 0.125 e. The normalized spacial score (nSPS) is 10.3. The fourth-order valence-corrected chi connectivity index (χ4v) is 1.46. The van der Waals surface area contributed by atoms with Crippen molar-refractivity contribution in [2.75, 3.05) is 11.9 Å². The van der Waals surface area contributed by atoms with Gasteiger partial charge in [-0.3, -0.25) is 4.68 Å². The molecule has 0 unspecified atom stereocenters. The summed E-state index contributed by atoms with van der Waals surface area (Å²) in [5.41, 5.74) is 1.18. The van der Waals surface area contributed by atoms with Crippen LogP contribution in [0.2, 0.25) is 0 Å². The van der Waals surface area contributed by atoms with Crippen LogP contribution in [0, 0.1) is 6.92 Å². The Morgan fingerprint density at radius 2 is 2.31 bits per heavy atom. The molecular weight excluding hydrogens is 200 g/mol. The summed E-state index contributed by atoms with van der Waals surface area (Å²) in [5.74, 6) is 0.936. The van der Waals surface area contributed by atoms with Crippen molar-refractivity contribution in [3.63, 3.8) is 0 Å². The number of aromatic nitrogens is 3. The molecule has 0 aromatic carbocycles. The first-order chi connectivity index (χ1) is 7.84. The summed E-state index contributed by atoms with van der Waals surface area (Å²) >= 11 is 0. The van der Waals surface area contributed by atoms with Gasteiger partial charge in [-0.1, -0.05) is 6.07 Å². The van der Waals surface area contributed by atoms with Gasteiger partial charge in [-0.25, -0.2) is 4.98 Å². The van der Waals surface area contributed by atoms with Gasteiger partial charge in [-0.2, -0.15) is 5.10 Å². The van der Waals surface area contributed by atoms with Crippen molar-refractivity contribution in [1.29, 1.82) is 0 Å². The lowest BCUT2D eigenvalue weighted by Crippen LogP contribution is -2.07. The van der Waals surface area contributed by atoms with E-state index in [9.17, 15) is 0 Å². The van der Waals surface area contributed by atoms with Crippen molar-refractivity contribution in [3.8, 4) is 0 Å². The highest BCUT2D eigenvalue weighted by Gasteiger charge is 1.93. The molecule has 2 aromatic rings. The molecule has 0 aliphatic heterocycles. The fraction of sp³-hybridized carbons (Fsp3) is 0.333. The van der Waals surface area contributed by atoms with Gasteiger partial charge in [0, 0.05) is 31.7 Å². The van der Waals surface area contributed by atoms with Crippen molar-refractivity contribution >= 4 is 5.82 Å². The second-order valence-corrected chi connectivity index (χ2v) is 3.77. The van der Waals surface area contributed by atoms with Crippen molar-refractivity contribution in [3.05, 3.63) is 42.4 Å². The predicted octanol–water partition coefficient (Wildman–Crippen LogP) is 2.09. The zero-order valence-electron chi connectivity index (χ0n) is 9.43. The van der Waals surface area contributed by atoms with E-state index in [1.807, 2.05) is 36.1 Å². The van der Waals surface area contributed by atoms with E-state index in [1.54, 1.807) is 6.20 Å². The van der Waals surface area contributed by atoms with E-state index in [4.69, 9.17) is 0 Å². The molecule has 0 saturated heterocycles. The van der Waals surface area contributed by atoms with Crippen LogP contribution in [0.25, 0.3) is 0 Å². The van der Waals surface area contributed by atoms with Gasteiger partial charge in [0.2, 0.25) is 0 Å². The van der Waals surface area contributed by atoms with E-state index in [0.717, 1.165) is 25.3 Å². The van der Waals surface area contributed by atoms with Crippen LogP contribution in [-0.4, -0.2) is 21.3 Å². The maximum Gasteiger partial charge on any atom is 0.125 e. The standard InChI is InChI=1S/C12H16N4/c1-11-4-5-12(14-10-11)13-6-2-8-16-9-3-7-15-16/h3-5,7,9-10H,2,6,8H2,1H3,(H,13,14). The Morgan fingerprint density at radius 3 is 3.00 bits per heavy atom. The molecule has 16 heavy (non-hydrogen) atoms. The average molecular weight is 216 g/mol. The first-order valence-electron chi connectivity index (χ1n) is 5.48. The van der Waals surface area contributed by atoms with E-state index in [-0.39, 0.29) is 0 Å². The highest BCUT2D eigenvalue weighted by Crippen LogP contribution is 2.03. The van der Waals surface area contributed by atoms with Crippen LogP contribution >= 0.6 is 0 Å². The van der Waals surface area contributed by atoms with Crippen LogP contribution in [0.3, 0.4) is 0 Å². The van der Waals surface area contributed by atoms with E-state index in [0.29, 0.717) is 0 Å². The minimum atomic E-state index is 0.913. The third-order valence-corrected chi connectivity index (χ3v) is 2.34. The topological polar surface area (TPSA) is 42.7 Å². The fourth-order valence-electron chi connectivity index (χ4n) is 1.46. The Balaban J connectivity index is 1.70. The van der Waals surface area contributed by atoms with Crippen LogP contribution < -0.4 is 5.32 Å². The predicted molar refractivity (Wildman–Crippen MR) is 64.3 cm³/mol. The van der Waals surface area contributed by atoms with E-state index >= 15 is 0 Å². The summed E-state index contributed by atoms with van der Waals surface area (Å²) in [6, 6.07) is 6.00. The zero-order valence-corrected chi connectivity index (χ0v) is 9.43. The third kappa shape index (κ3) is 3.08. The lowest BCUT2D eigenvalue weighted by atomic mass is 10.3. The molecule has 0 amide bonds. The number of hydrogen-bond donors (Lipinski definition) is 1. The van der Waals surface area contributed by atoms with Crippen molar-refractivity contribution in [2.24, 2.45) is 0 Å². The van der Waals surface area contributed by atoms with Gasteiger partial charge in [0.1, 0.15) is 5.82 Å². The number of anilines is 1. The number of nitrogens with zero attached hydrogens (tertiary/aromatic N) is 3. The number of aryl methyl sites for hydroxylation is 2. The van der Waals surface area contributed by atoms with E-state index < -0.39 is 0 Å². The molecule has 2 aromatic heterocycles. The monoisotopic (exact) mass is 216 g/mol. The molecule has 0 aliphatic carbocycles. The number of pyridine rings is 1. The molecule has 0 radical (unpaired) electrons. The minimum absolute atomic E-state index is 0.913. The largest absolute Gasteiger partial charge is 0.370 e. The first-order valence-corrected chi connectivity index (χ1v) is 5.48. The van der Waals surface area contributed by atoms with Crippen LogP contribution in [0.4, 0.5) is 5.82 Å². The van der Waals surface area contributed by atoms with Gasteiger partial charge in [0.15, 0.2) is 0 Å². The van der Waals surface area contributed by atoms with E-state index in [1.165, 1.54) is 5.56 Å². The second-order valence-electron chi connectivity index (χ2n) is 3.77. The average Bonchev–Trinajstić information content (AvgIpc) is 2.80. The van der Waals surface area contributed by atoms with Gasteiger partial charge in [-0.15, -0.1) is 0 Å². The first kappa shape index (κ1) is 10.7. The summed E-state index contributed by atoms with van der Waals surface area (Å²) < 4.78 is 1.93. The van der Waals surface area contributed by atoms with Crippen molar-refractivity contribution in [1.82, 2.24) is 14.8 Å². The maximum absolute atomic E-state index is 4.28. The quantitative estimate of drug-likeness (QED) is 0.778. The third-order valence-electron chi connectivity index (χ3n) is 2.34. The Kier molecular flexibility index (Phi) is 3.53. The van der Waals surface area contributed by atoms with Gasteiger partial charge < -0.3 is 5.32 Å². The second kappa shape index (κ2) is 5.30. The van der Waals surface area contributed by atoms with Gasteiger partial charge in [0.05, 0.1) is 0 Å². The summed E-state index contributed by atoms with van der Waals surface area (Å²) in [6.07, 6.45) is 6.69. The summed E-state index contributed by atoms with van der Waals surface area (Å²) in [4.78, 5) is 4.28. The Hall–Kier alpha value is -1.84. The van der Waals surface area contributed by atoms with Crippen LogP contribution in [0.1, 0.15) is 12.0 Å². The lowest BCUT2D eigenvalue weighted by Gasteiger charge is -2.05. The van der Waals surface area contributed by atoms with Gasteiger partial charge in [-0.05, 0) is 31.0 Å². The molecule has 2 rings (SSSR count). The molecule has 0 atom stereocenters. The molecule has 84 valence electrons. The number of nitrogens with one attached hydrogen (secondary N) is 1. The SMILES string of the molecule is Cc1ccc(NCCCn2cccn2)nc1. The van der Waals surface area contributed by atoms with E-state index in [2.05, 4.69) is 21.5 Å². The molecule has 1 N–H and O–H groups in total. The maximum atomic E-state index is 4.28. The van der Waals surface area contributed by atoms with Crippen LogP contribution in [-0.2, 0) is 6.54 Å². The highest BCUT2D eigenvalue weighted by molar-refractivity contribution is 5.34. The summed E-state index contributed by atoms with van der Waals surface area (Å²) in [7, 11) is 0. The molecule has 0 fully saturated rings. The molecule has 0 spiro atoms. The minimum Gasteiger partial charge on any atom is -0.370 e.